The molecule has 0 aliphatic rings. The van der Waals surface area contributed by atoms with E-state index < -0.39 is 0 Å². The van der Waals surface area contributed by atoms with E-state index in [-0.39, 0.29) is 58.9 Å². The Morgan fingerprint density at radius 2 is 1.05 bits per heavy atom. The molecule has 0 radical (unpaired) electrons. The molecule has 2 aromatic carbocycles. The third kappa shape index (κ3) is 4.58. The van der Waals surface area contributed by atoms with E-state index in [1.807, 2.05) is 0 Å². The second-order valence-corrected chi connectivity index (χ2v) is 4.24. The molecular weight excluding hydrogens is 334 g/mol. The van der Waals surface area contributed by atoms with Gasteiger partial charge in [0.2, 0.25) is 0 Å². The van der Waals surface area contributed by atoms with E-state index in [2.05, 4.69) is 58.0 Å². The maximum Gasteiger partial charge on any atom is 4.00 e. The van der Waals surface area contributed by atoms with Crippen LogP contribution in [0.25, 0.3) is 11.1 Å². The number of hydrogen-bond donors (Lipinski definition) is 0. The van der Waals surface area contributed by atoms with E-state index in [0.717, 1.165) is 0 Å². The van der Waals surface area contributed by atoms with E-state index in [9.17, 15) is 0 Å². The summed E-state index contributed by atoms with van der Waals surface area (Å²) in [6, 6.07) is 10.6. The molecule has 0 amide bonds. The fourth-order valence-electron chi connectivity index (χ4n) is 2.26. The monoisotopic (exact) mass is 350 g/mol. The number of hydrogen-bond acceptors (Lipinski definition) is 0. The van der Waals surface area contributed by atoms with Crippen LogP contribution in [0, 0.1) is 27.7 Å². The van der Waals surface area contributed by atoms with Crippen molar-refractivity contribution in [1.82, 2.24) is 0 Å². The second kappa shape index (κ2) is 9.96. The summed E-state index contributed by atoms with van der Waals surface area (Å²) in [5.74, 6) is 0. The van der Waals surface area contributed by atoms with Crippen LogP contribution < -0.4 is 37.2 Å². The molecule has 0 atom stereocenters. The summed E-state index contributed by atoms with van der Waals surface area (Å²) in [5, 5.41) is 0. The molecule has 0 fully saturated rings. The summed E-state index contributed by atoms with van der Waals surface area (Å²) in [6.45, 7) is 8.86. The van der Waals surface area contributed by atoms with Gasteiger partial charge in [0.05, 0.1) is 0 Å². The molecule has 0 saturated carbocycles. The minimum Gasteiger partial charge on any atom is -1.00 e. The fraction of sp³-hybridized carbons (Fsp3) is 0.267. The van der Waals surface area contributed by atoms with Crippen molar-refractivity contribution in [2.24, 2.45) is 0 Å². The number of halogens is 3. The largest absolute Gasteiger partial charge is 4.00 e. The van der Waals surface area contributed by atoms with E-state index in [0.29, 0.717) is 0 Å². The van der Waals surface area contributed by atoms with Crippen molar-refractivity contribution in [3.63, 3.8) is 0 Å². The molecule has 0 heterocycles. The molecule has 0 saturated heterocycles. The van der Waals surface area contributed by atoms with Crippen LogP contribution in [-0.4, -0.2) is 0 Å². The van der Waals surface area contributed by atoms with Gasteiger partial charge in [-0.15, -0.1) is 39.9 Å². The molecule has 0 N–H and O–H groups in total. The molecule has 19 heavy (non-hydrogen) atoms. The van der Waals surface area contributed by atoms with Crippen LogP contribution in [0.3, 0.4) is 0 Å². The smallest absolute Gasteiger partial charge is 1.00 e. The van der Waals surface area contributed by atoms with Gasteiger partial charge in [-0.1, -0.05) is 51.5 Å². The van der Waals surface area contributed by atoms with Gasteiger partial charge in [-0.25, -0.2) is 0 Å². The van der Waals surface area contributed by atoms with E-state index >= 15 is 0 Å². The SMILES string of the molecule is Cc1c(C)c(C)[c-](-c2ccccc2)c1C.[Cl-].[Cl-].[Cl-].[Ti+4]. The maximum absolute atomic E-state index is 2.22. The molecule has 0 aliphatic carbocycles. The maximum atomic E-state index is 2.22. The van der Waals surface area contributed by atoms with Gasteiger partial charge < -0.3 is 37.2 Å². The average Bonchev–Trinajstić information content (AvgIpc) is 2.45. The van der Waals surface area contributed by atoms with Crippen LogP contribution in [0.5, 0.6) is 0 Å². The van der Waals surface area contributed by atoms with Gasteiger partial charge in [-0.3, -0.25) is 0 Å². The zero-order valence-electron chi connectivity index (χ0n) is 11.5. The van der Waals surface area contributed by atoms with Crippen LogP contribution in [0.2, 0.25) is 0 Å². The molecule has 0 aliphatic heterocycles. The average molecular weight is 352 g/mol. The molecular formula is C15H17Cl3Ti. The molecule has 0 unspecified atom stereocenters. The van der Waals surface area contributed by atoms with Gasteiger partial charge in [0.15, 0.2) is 0 Å². The van der Waals surface area contributed by atoms with E-state index in [1.54, 1.807) is 0 Å². The summed E-state index contributed by atoms with van der Waals surface area (Å²) in [7, 11) is 0. The van der Waals surface area contributed by atoms with E-state index in [1.165, 1.54) is 33.4 Å². The normalized spacial score (nSPS) is 8.42. The molecule has 2 rings (SSSR count). The van der Waals surface area contributed by atoms with Gasteiger partial charge >= 0.3 is 21.7 Å². The summed E-state index contributed by atoms with van der Waals surface area (Å²) in [6.07, 6.45) is 0. The first-order chi connectivity index (χ1) is 7.13. The quantitative estimate of drug-likeness (QED) is 0.358. The van der Waals surface area contributed by atoms with E-state index in [4.69, 9.17) is 0 Å². The van der Waals surface area contributed by atoms with Gasteiger partial charge in [-0.05, 0) is 0 Å². The fourth-order valence-corrected chi connectivity index (χ4v) is 2.26. The minimum absolute atomic E-state index is 0. The van der Waals surface area contributed by atoms with Crippen molar-refractivity contribution in [3.8, 4) is 11.1 Å². The first-order valence-corrected chi connectivity index (χ1v) is 5.41. The first kappa shape index (κ1) is 24.2. The molecule has 0 nitrogen and oxygen atoms in total. The first-order valence-electron chi connectivity index (χ1n) is 5.41. The summed E-state index contributed by atoms with van der Waals surface area (Å²) < 4.78 is 0. The van der Waals surface area contributed by atoms with Crippen LogP contribution >= 0.6 is 0 Å². The minimum atomic E-state index is 0. The third-order valence-electron chi connectivity index (χ3n) is 3.50. The molecule has 0 bridgehead atoms. The van der Waals surface area contributed by atoms with Crippen molar-refractivity contribution in [3.05, 3.63) is 52.6 Å². The zero-order chi connectivity index (χ0) is 11.0. The number of rotatable bonds is 1. The molecule has 102 valence electrons. The standard InChI is InChI=1S/C15H17.3ClH.Ti/c1-10-11(2)13(4)15(12(10)3)14-8-6-5-7-9-14;;;;/h5-9H,1-4H3;3*1H;/q-1;;;;+4/p-3. The van der Waals surface area contributed by atoms with Crippen LogP contribution in [0.15, 0.2) is 30.3 Å². The Kier molecular flexibility index (Phi) is 12.7. The van der Waals surface area contributed by atoms with Crippen LogP contribution in [0.4, 0.5) is 0 Å². The molecule has 0 aromatic heterocycles. The molecule has 2 aromatic rings. The van der Waals surface area contributed by atoms with Crippen LogP contribution in [-0.2, 0) is 21.7 Å². The van der Waals surface area contributed by atoms with Gasteiger partial charge in [0.25, 0.3) is 0 Å². The predicted molar refractivity (Wildman–Crippen MR) is 66.4 cm³/mol. The van der Waals surface area contributed by atoms with Gasteiger partial charge in [0, 0.05) is 0 Å². The summed E-state index contributed by atoms with van der Waals surface area (Å²) >= 11 is 0. The Balaban J connectivity index is -0.000000640. The Bertz CT molecular complexity index is 464. The van der Waals surface area contributed by atoms with Gasteiger partial charge in [-0.2, -0.15) is 0 Å². The molecule has 4 heteroatoms. The Morgan fingerprint density at radius 3 is 1.42 bits per heavy atom. The van der Waals surface area contributed by atoms with Crippen molar-refractivity contribution >= 4 is 0 Å². The molecule has 0 spiro atoms. The van der Waals surface area contributed by atoms with Gasteiger partial charge in [0.1, 0.15) is 0 Å². The summed E-state index contributed by atoms with van der Waals surface area (Å²) in [5.41, 5.74) is 8.49. The second-order valence-electron chi connectivity index (χ2n) is 4.24. The Hall–Kier alpha value is 0.154. The van der Waals surface area contributed by atoms with Crippen molar-refractivity contribution in [2.75, 3.05) is 0 Å². The van der Waals surface area contributed by atoms with Crippen molar-refractivity contribution in [1.29, 1.82) is 0 Å². The Morgan fingerprint density at radius 1 is 0.684 bits per heavy atom. The zero-order valence-corrected chi connectivity index (χ0v) is 15.3. The van der Waals surface area contributed by atoms with Crippen LogP contribution in [0.1, 0.15) is 22.3 Å². The number of benzene rings is 1. The van der Waals surface area contributed by atoms with Crippen molar-refractivity contribution < 1.29 is 58.9 Å². The predicted octanol–water partition coefficient (Wildman–Crippen LogP) is -4.68. The summed E-state index contributed by atoms with van der Waals surface area (Å²) in [4.78, 5) is 0. The topological polar surface area (TPSA) is 0 Å². The third-order valence-corrected chi connectivity index (χ3v) is 3.50. The van der Waals surface area contributed by atoms with Crippen molar-refractivity contribution in [2.45, 2.75) is 27.7 Å². The Labute approximate surface area is 149 Å².